The molecule has 5 heavy (non-hydrogen) atoms. The van der Waals surface area contributed by atoms with Crippen molar-refractivity contribution in [1.29, 1.82) is 0 Å². The molecule has 1 rings (SSSR count). The van der Waals surface area contributed by atoms with Crippen LogP contribution in [0.2, 0.25) is 0 Å². The zero-order valence-corrected chi connectivity index (χ0v) is 3.62. The molecule has 0 atom stereocenters. The first-order valence-corrected chi connectivity index (χ1v) is 1.56. The van der Waals surface area contributed by atoms with Crippen molar-refractivity contribution in [1.82, 2.24) is 0 Å². The molecule has 0 aliphatic heterocycles. The molecule has 0 spiro atoms. The largest absolute Gasteiger partial charge is 1.00 e. The first kappa shape index (κ1) is 5.34. The summed E-state index contributed by atoms with van der Waals surface area (Å²) in [5.41, 5.74) is 1.42. The molecular weight excluding hydrogens is 55.0 g/mol. The fourth-order valence-electron chi connectivity index (χ4n) is 0.0884. The van der Waals surface area contributed by atoms with E-state index in [0.29, 0.717) is 0 Å². The molecule has 0 amide bonds. The molecule has 24 valence electrons. The monoisotopic (exact) mass is 62.1 g/mol. The molecule has 0 aromatic rings. The van der Waals surface area contributed by atoms with Gasteiger partial charge in [-0.2, -0.15) is 0 Å². The van der Waals surface area contributed by atoms with Gasteiger partial charge in [-0.05, 0) is 12.8 Å². The Morgan fingerprint density at radius 2 is 1.80 bits per heavy atom. The second kappa shape index (κ2) is 1.70. The third-order valence-corrected chi connectivity index (χ3v) is 0.604. The molecule has 0 aromatic heterocycles. The summed E-state index contributed by atoms with van der Waals surface area (Å²) in [5, 5.41) is 0. The zero-order valence-electron chi connectivity index (χ0n) is 4.62. The van der Waals surface area contributed by atoms with Crippen LogP contribution in [0.4, 0.5) is 0 Å². The smallest absolute Gasteiger partial charge is 1.00 e. The minimum Gasteiger partial charge on any atom is -1.00 e. The van der Waals surface area contributed by atoms with E-state index in [1.807, 2.05) is 0 Å². The van der Waals surface area contributed by atoms with Crippen LogP contribution < -0.4 is 18.9 Å². The van der Waals surface area contributed by atoms with Crippen molar-refractivity contribution >= 4 is 0 Å². The van der Waals surface area contributed by atoms with E-state index >= 15 is 0 Å². The maximum atomic E-state index is 3.67. The Hall–Kier alpha value is 0.337. The Bertz CT molecular complexity index is 45.5. The molecule has 0 nitrogen and oxygen atoms in total. The van der Waals surface area contributed by atoms with E-state index in [4.69, 9.17) is 0 Å². The maximum absolute atomic E-state index is 3.67. The Morgan fingerprint density at radius 1 is 1.60 bits per heavy atom. The van der Waals surface area contributed by atoms with Gasteiger partial charge in [-0.3, -0.25) is 0 Å². The Labute approximate surface area is 45.9 Å². The molecule has 0 saturated heterocycles. The van der Waals surface area contributed by atoms with Gasteiger partial charge in [0.2, 0.25) is 0 Å². The van der Waals surface area contributed by atoms with Gasteiger partial charge in [0.05, 0.1) is 0 Å². The van der Waals surface area contributed by atoms with Crippen molar-refractivity contribution in [3.63, 3.8) is 0 Å². The Morgan fingerprint density at radius 3 is 1.80 bits per heavy atom. The van der Waals surface area contributed by atoms with Gasteiger partial charge in [0.15, 0.2) is 0 Å². The fourth-order valence-corrected chi connectivity index (χ4v) is 0.0884. The van der Waals surface area contributed by atoms with E-state index in [-0.39, 0.29) is 20.3 Å². The molecule has 1 fully saturated rings. The van der Waals surface area contributed by atoms with Crippen LogP contribution in [0.1, 0.15) is 14.3 Å². The van der Waals surface area contributed by atoms with Crippen molar-refractivity contribution in [3.05, 3.63) is 12.2 Å². The van der Waals surface area contributed by atoms with E-state index in [2.05, 4.69) is 6.58 Å². The van der Waals surface area contributed by atoms with E-state index in [9.17, 15) is 0 Å². The summed E-state index contributed by atoms with van der Waals surface area (Å²) in [4.78, 5) is 0. The van der Waals surface area contributed by atoms with Gasteiger partial charge in [-0.1, -0.05) is 12.2 Å². The summed E-state index contributed by atoms with van der Waals surface area (Å²) in [6.45, 7) is 3.67. The summed E-state index contributed by atoms with van der Waals surface area (Å²) in [6.07, 6.45) is 2.58. The second-order valence-corrected chi connectivity index (χ2v) is 1.25. The molecule has 1 saturated carbocycles. The molecule has 0 bridgehead atoms. The maximum Gasteiger partial charge on any atom is 1.00 e. The van der Waals surface area contributed by atoms with Crippen molar-refractivity contribution < 1.29 is 20.3 Å². The number of rotatable bonds is 0. The van der Waals surface area contributed by atoms with Crippen LogP contribution in [-0.2, 0) is 0 Å². The summed E-state index contributed by atoms with van der Waals surface area (Å²) in [5.74, 6) is 0. The van der Waals surface area contributed by atoms with Gasteiger partial charge < -0.3 is 1.43 Å². The average Bonchev–Trinajstić information content (AvgIpc) is 1.75. The molecule has 1 aliphatic rings. The quantitative estimate of drug-likeness (QED) is 0.235. The molecule has 1 aliphatic carbocycles. The molecule has 0 heterocycles. The third-order valence-electron chi connectivity index (χ3n) is 0.604. The van der Waals surface area contributed by atoms with Crippen molar-refractivity contribution in [3.8, 4) is 0 Å². The van der Waals surface area contributed by atoms with Crippen LogP contribution in [0.3, 0.4) is 0 Å². The summed E-state index contributed by atoms with van der Waals surface area (Å²) in [7, 11) is 0. The van der Waals surface area contributed by atoms with Gasteiger partial charge in [0.25, 0.3) is 0 Å². The zero-order chi connectivity index (χ0) is 2.99. The normalized spacial score (nSPS) is 17.2. The SMILES string of the molecule is C=C1CC1.[H-].[Li+]. The average molecular weight is 62.0 g/mol. The van der Waals surface area contributed by atoms with Crippen molar-refractivity contribution in [2.24, 2.45) is 0 Å². The minimum absolute atomic E-state index is 0. The predicted octanol–water partition coefficient (Wildman–Crippen LogP) is -1.55. The van der Waals surface area contributed by atoms with Crippen LogP contribution in [0, 0.1) is 0 Å². The van der Waals surface area contributed by atoms with Crippen molar-refractivity contribution in [2.45, 2.75) is 12.8 Å². The van der Waals surface area contributed by atoms with Gasteiger partial charge in [-0.25, -0.2) is 0 Å². The van der Waals surface area contributed by atoms with E-state index in [1.165, 1.54) is 18.4 Å². The number of hydrogen-bond donors (Lipinski definition) is 0. The van der Waals surface area contributed by atoms with E-state index < -0.39 is 0 Å². The minimum atomic E-state index is 0. The van der Waals surface area contributed by atoms with Gasteiger partial charge in [0, 0.05) is 0 Å². The molecule has 0 radical (unpaired) electrons. The van der Waals surface area contributed by atoms with Crippen LogP contribution in [-0.4, -0.2) is 0 Å². The van der Waals surface area contributed by atoms with Crippen LogP contribution >= 0.6 is 0 Å². The predicted molar refractivity (Wildman–Crippen MR) is 19.5 cm³/mol. The van der Waals surface area contributed by atoms with Gasteiger partial charge in [0.1, 0.15) is 0 Å². The van der Waals surface area contributed by atoms with E-state index in [0.717, 1.165) is 0 Å². The topological polar surface area (TPSA) is 0 Å². The Kier molecular flexibility index (Phi) is 1.81. The van der Waals surface area contributed by atoms with Gasteiger partial charge >= 0.3 is 18.9 Å². The van der Waals surface area contributed by atoms with Crippen LogP contribution in [0.15, 0.2) is 12.2 Å². The van der Waals surface area contributed by atoms with Crippen LogP contribution in [0.5, 0.6) is 0 Å². The number of hydrogen-bond acceptors (Lipinski definition) is 0. The van der Waals surface area contributed by atoms with Crippen molar-refractivity contribution in [2.75, 3.05) is 0 Å². The third kappa shape index (κ3) is 2.13. The molecule has 0 unspecified atom stereocenters. The van der Waals surface area contributed by atoms with E-state index in [1.54, 1.807) is 0 Å². The molecular formula is C4H7Li. The number of allylic oxidation sites excluding steroid dienone is 1. The fraction of sp³-hybridized carbons (Fsp3) is 0.500. The van der Waals surface area contributed by atoms with Crippen LogP contribution in [0.25, 0.3) is 0 Å². The summed E-state index contributed by atoms with van der Waals surface area (Å²) >= 11 is 0. The van der Waals surface area contributed by atoms with Gasteiger partial charge in [-0.15, -0.1) is 0 Å². The second-order valence-electron chi connectivity index (χ2n) is 1.25. The summed E-state index contributed by atoms with van der Waals surface area (Å²) in [6, 6.07) is 0. The standard InChI is InChI=1S/C4H6.Li.H/c1-4-2-3-4;;/h1-3H2;;/q;+1;-1. The Balaban J connectivity index is 0. The first-order chi connectivity index (χ1) is 1.89. The first-order valence-electron chi connectivity index (χ1n) is 1.56. The molecule has 0 aromatic carbocycles. The molecule has 1 heteroatoms. The summed E-state index contributed by atoms with van der Waals surface area (Å²) < 4.78 is 0. The molecule has 0 N–H and O–H groups in total.